The quantitative estimate of drug-likeness (QED) is 0.759. The Labute approximate surface area is 91.0 Å². The van der Waals surface area contributed by atoms with Gasteiger partial charge in [0.05, 0.1) is 11.1 Å². The van der Waals surface area contributed by atoms with Gasteiger partial charge in [0.15, 0.2) is 0 Å². The third-order valence-corrected chi connectivity index (χ3v) is 1.57. The molecule has 0 spiro atoms. The topological polar surface area (TPSA) is 74.6 Å². The summed E-state index contributed by atoms with van der Waals surface area (Å²) in [6, 6.07) is 3.99. The molecule has 0 saturated heterocycles. The van der Waals surface area contributed by atoms with E-state index in [4.69, 9.17) is 10.2 Å². The number of carboxylic acid groups (broad SMARTS) is 2. The molecule has 1 radical (unpaired) electrons. The van der Waals surface area contributed by atoms with Crippen LogP contribution in [-0.2, 0) is 17.1 Å². The minimum Gasteiger partial charge on any atom is -0.478 e. The summed E-state index contributed by atoms with van der Waals surface area (Å²) in [6.45, 7) is 1.65. The van der Waals surface area contributed by atoms with Gasteiger partial charge in [0.25, 0.3) is 0 Å². The Hall–Kier alpha value is -1.32. The predicted octanol–water partition coefficient (Wildman–Crippen LogP) is 1.39. The van der Waals surface area contributed by atoms with Crippen LogP contribution in [0.5, 0.6) is 0 Å². The molecule has 14 heavy (non-hydrogen) atoms. The minimum absolute atomic E-state index is 0. The second-order valence-corrected chi connectivity index (χ2v) is 2.70. The summed E-state index contributed by atoms with van der Waals surface area (Å²) in [5.74, 6) is -2.24. The molecule has 0 aliphatic rings. The third-order valence-electron chi connectivity index (χ3n) is 1.57. The summed E-state index contributed by atoms with van der Waals surface area (Å²) < 4.78 is 0. The van der Waals surface area contributed by atoms with E-state index in [-0.39, 0.29) is 28.2 Å². The van der Waals surface area contributed by atoms with Crippen molar-refractivity contribution in [3.8, 4) is 0 Å². The number of hydrogen-bond acceptors (Lipinski definition) is 2. The molecule has 1 aromatic rings. The van der Waals surface area contributed by atoms with Crippen molar-refractivity contribution in [2.45, 2.75) is 6.92 Å². The Kier molecular flexibility index (Phi) is 4.34. The summed E-state index contributed by atoms with van der Waals surface area (Å²) in [7, 11) is 0. The molecule has 0 aliphatic carbocycles. The first-order valence-corrected chi connectivity index (χ1v) is 3.59. The number of benzene rings is 1. The predicted molar refractivity (Wildman–Crippen MR) is 45.1 cm³/mol. The van der Waals surface area contributed by atoms with Crippen LogP contribution < -0.4 is 0 Å². The molecule has 1 rings (SSSR count). The van der Waals surface area contributed by atoms with Crippen molar-refractivity contribution in [2.75, 3.05) is 0 Å². The van der Waals surface area contributed by atoms with Crippen LogP contribution in [0.15, 0.2) is 18.2 Å². The maximum atomic E-state index is 10.5. The molecule has 0 heterocycles. The molecule has 0 aliphatic heterocycles. The Morgan fingerprint density at radius 3 is 1.64 bits per heavy atom. The van der Waals surface area contributed by atoms with Crippen LogP contribution in [-0.4, -0.2) is 22.2 Å². The zero-order valence-electron chi connectivity index (χ0n) is 7.32. The van der Waals surface area contributed by atoms with Crippen molar-refractivity contribution in [2.24, 2.45) is 0 Å². The van der Waals surface area contributed by atoms with Gasteiger partial charge in [-0.3, -0.25) is 0 Å². The smallest absolute Gasteiger partial charge is 0.335 e. The molecule has 0 aromatic heterocycles. The van der Waals surface area contributed by atoms with Crippen LogP contribution >= 0.6 is 0 Å². The number of aromatic carboxylic acids is 2. The summed E-state index contributed by atoms with van der Waals surface area (Å²) >= 11 is 0. The molecule has 4 nitrogen and oxygen atoms in total. The van der Waals surface area contributed by atoms with Gasteiger partial charge < -0.3 is 10.2 Å². The summed E-state index contributed by atoms with van der Waals surface area (Å²) in [5, 5.41) is 17.2. The van der Waals surface area contributed by atoms with E-state index in [9.17, 15) is 9.59 Å². The van der Waals surface area contributed by atoms with E-state index in [1.54, 1.807) is 6.92 Å². The number of hydrogen-bond donors (Lipinski definition) is 2. The monoisotopic (exact) mass is 235 g/mol. The second-order valence-electron chi connectivity index (χ2n) is 2.70. The largest absolute Gasteiger partial charge is 0.478 e. The van der Waals surface area contributed by atoms with Crippen LogP contribution in [0.3, 0.4) is 0 Å². The zero-order chi connectivity index (χ0) is 10.0. The van der Waals surface area contributed by atoms with E-state index in [0.717, 1.165) is 6.07 Å². The first-order valence-electron chi connectivity index (χ1n) is 3.59. The van der Waals surface area contributed by atoms with Crippen LogP contribution in [0.4, 0.5) is 0 Å². The fraction of sp³-hybridized carbons (Fsp3) is 0.111. The van der Waals surface area contributed by atoms with Crippen LogP contribution in [0.2, 0.25) is 0 Å². The standard InChI is InChI=1S/C9H8O4.Mn/c1-5-2-6(8(10)11)4-7(3-5)9(12)13;/h2-4H,1H3,(H,10,11)(H,12,13);. The van der Waals surface area contributed by atoms with E-state index in [2.05, 4.69) is 0 Å². The molecule has 0 atom stereocenters. The average molecular weight is 235 g/mol. The SMILES string of the molecule is Cc1cc(C(=O)O)cc(C(=O)O)c1.[Mn]. The molecule has 0 fully saturated rings. The van der Waals surface area contributed by atoms with Gasteiger partial charge >= 0.3 is 11.9 Å². The van der Waals surface area contributed by atoms with E-state index in [1.165, 1.54) is 12.1 Å². The van der Waals surface area contributed by atoms with Crippen molar-refractivity contribution in [1.29, 1.82) is 0 Å². The Balaban J connectivity index is 0.00000169. The first-order chi connectivity index (χ1) is 6.00. The molecule has 0 amide bonds. The molecular formula is C9H8MnO4. The number of rotatable bonds is 2. The van der Waals surface area contributed by atoms with Crippen molar-refractivity contribution in [1.82, 2.24) is 0 Å². The van der Waals surface area contributed by atoms with Crippen molar-refractivity contribution < 1.29 is 36.9 Å². The van der Waals surface area contributed by atoms with Crippen molar-refractivity contribution in [3.63, 3.8) is 0 Å². The molecule has 75 valence electrons. The van der Waals surface area contributed by atoms with Crippen LogP contribution in [0, 0.1) is 6.92 Å². The molecule has 0 bridgehead atoms. The second kappa shape index (κ2) is 4.79. The summed E-state index contributed by atoms with van der Waals surface area (Å²) in [5.41, 5.74) is 0.618. The minimum atomic E-state index is -1.12. The molecular weight excluding hydrogens is 227 g/mol. The number of carbonyl (C=O) groups is 2. The maximum Gasteiger partial charge on any atom is 0.335 e. The van der Waals surface area contributed by atoms with Crippen LogP contribution in [0.25, 0.3) is 0 Å². The van der Waals surface area contributed by atoms with E-state index in [0.29, 0.717) is 5.56 Å². The summed E-state index contributed by atoms with van der Waals surface area (Å²) in [6.07, 6.45) is 0. The Morgan fingerprint density at radius 2 is 1.36 bits per heavy atom. The van der Waals surface area contributed by atoms with Crippen LogP contribution in [0.1, 0.15) is 26.3 Å². The van der Waals surface area contributed by atoms with Gasteiger partial charge in [0, 0.05) is 17.1 Å². The molecule has 5 heteroatoms. The maximum absolute atomic E-state index is 10.5. The van der Waals surface area contributed by atoms with Gasteiger partial charge in [-0.15, -0.1) is 0 Å². The van der Waals surface area contributed by atoms with E-state index >= 15 is 0 Å². The van der Waals surface area contributed by atoms with Gasteiger partial charge in [0.1, 0.15) is 0 Å². The zero-order valence-corrected chi connectivity index (χ0v) is 8.50. The van der Waals surface area contributed by atoms with Crippen molar-refractivity contribution in [3.05, 3.63) is 34.9 Å². The molecule has 1 aromatic carbocycles. The number of aryl methyl sites for hydroxylation is 1. The average Bonchev–Trinajstić information content (AvgIpc) is 2.03. The van der Waals surface area contributed by atoms with Gasteiger partial charge in [-0.05, 0) is 30.7 Å². The first kappa shape index (κ1) is 12.7. The third kappa shape index (κ3) is 2.87. The van der Waals surface area contributed by atoms with Gasteiger partial charge in [-0.2, -0.15) is 0 Å². The summed E-state index contributed by atoms with van der Waals surface area (Å²) in [4.78, 5) is 21.1. The van der Waals surface area contributed by atoms with Gasteiger partial charge in [0.2, 0.25) is 0 Å². The van der Waals surface area contributed by atoms with E-state index < -0.39 is 11.9 Å². The van der Waals surface area contributed by atoms with E-state index in [1.807, 2.05) is 0 Å². The molecule has 0 saturated carbocycles. The Morgan fingerprint density at radius 1 is 1.00 bits per heavy atom. The molecule has 2 N–H and O–H groups in total. The Bertz CT molecular complexity index is 341. The van der Waals surface area contributed by atoms with Gasteiger partial charge in [-0.1, -0.05) is 0 Å². The van der Waals surface area contributed by atoms with Crippen molar-refractivity contribution >= 4 is 11.9 Å². The normalized spacial score (nSPS) is 8.93. The fourth-order valence-electron chi connectivity index (χ4n) is 1.03. The molecule has 0 unspecified atom stereocenters. The van der Waals surface area contributed by atoms with Gasteiger partial charge in [-0.25, -0.2) is 9.59 Å². The number of carboxylic acids is 2. The fourth-order valence-corrected chi connectivity index (χ4v) is 1.03.